The molecule has 0 spiro atoms. The Hall–Kier alpha value is -1.35. The van der Waals surface area contributed by atoms with Crippen LogP contribution in [-0.4, -0.2) is 32.6 Å². The molecule has 0 atom stereocenters. The summed E-state index contributed by atoms with van der Waals surface area (Å²) in [5.41, 5.74) is -1.21. The fourth-order valence-electron chi connectivity index (χ4n) is 0.539. The zero-order valence-electron chi connectivity index (χ0n) is 8.18. The standard InChI is InChI=1S/C7H10NO6P/c1-4-5-14-6(9)8-7(10)15(11,12-2)13-3/h1H,5H2,2-3H3,(H,8,9,10). The molecule has 0 rings (SSSR count). The van der Waals surface area contributed by atoms with Gasteiger partial charge in [-0.2, -0.15) is 0 Å². The minimum absolute atomic E-state index is 0.302. The van der Waals surface area contributed by atoms with Gasteiger partial charge in [0.15, 0.2) is 6.61 Å². The molecule has 0 aromatic carbocycles. The van der Waals surface area contributed by atoms with Gasteiger partial charge in [-0.3, -0.25) is 10.1 Å². The Morgan fingerprint density at radius 2 is 1.93 bits per heavy atom. The molecule has 0 unspecified atom stereocenters. The van der Waals surface area contributed by atoms with Crippen molar-refractivity contribution in [1.82, 2.24) is 5.32 Å². The van der Waals surface area contributed by atoms with Crippen LogP contribution in [0.3, 0.4) is 0 Å². The van der Waals surface area contributed by atoms with Crippen molar-refractivity contribution < 1.29 is 27.9 Å². The van der Waals surface area contributed by atoms with Crippen LogP contribution in [0.25, 0.3) is 0 Å². The summed E-state index contributed by atoms with van der Waals surface area (Å²) in [6.07, 6.45) is 3.68. The van der Waals surface area contributed by atoms with Crippen molar-refractivity contribution in [2.45, 2.75) is 0 Å². The van der Waals surface area contributed by atoms with E-state index in [1.807, 2.05) is 5.92 Å². The van der Waals surface area contributed by atoms with E-state index in [-0.39, 0.29) is 6.61 Å². The Bertz CT molecular complexity index is 325. The Labute approximate surface area is 86.6 Å². The molecule has 0 aliphatic carbocycles. The summed E-state index contributed by atoms with van der Waals surface area (Å²) in [6.45, 7) is -0.302. The summed E-state index contributed by atoms with van der Waals surface area (Å²) >= 11 is 0. The number of hydrogen-bond acceptors (Lipinski definition) is 6. The Balaban J connectivity index is 4.31. The van der Waals surface area contributed by atoms with Crippen LogP contribution in [0.1, 0.15) is 0 Å². The Kier molecular flexibility index (Phi) is 5.64. The van der Waals surface area contributed by atoms with E-state index in [4.69, 9.17) is 6.42 Å². The second kappa shape index (κ2) is 6.19. The highest BCUT2D eigenvalue weighted by Gasteiger charge is 2.34. The largest absolute Gasteiger partial charge is 0.436 e. The Morgan fingerprint density at radius 3 is 2.33 bits per heavy atom. The van der Waals surface area contributed by atoms with Crippen molar-refractivity contribution in [3.8, 4) is 12.3 Å². The van der Waals surface area contributed by atoms with Crippen molar-refractivity contribution in [3.05, 3.63) is 0 Å². The monoisotopic (exact) mass is 235 g/mol. The van der Waals surface area contributed by atoms with Gasteiger partial charge in [0.05, 0.1) is 0 Å². The second-order valence-corrected chi connectivity index (χ2v) is 4.20. The first kappa shape index (κ1) is 13.7. The number of terminal acetylenes is 1. The van der Waals surface area contributed by atoms with Gasteiger partial charge in [0, 0.05) is 14.2 Å². The first-order chi connectivity index (χ1) is 7.00. The van der Waals surface area contributed by atoms with E-state index in [1.165, 1.54) is 0 Å². The zero-order valence-corrected chi connectivity index (χ0v) is 9.08. The van der Waals surface area contributed by atoms with E-state index < -0.39 is 19.3 Å². The van der Waals surface area contributed by atoms with Gasteiger partial charge in [-0.1, -0.05) is 5.92 Å². The van der Waals surface area contributed by atoms with E-state index in [0.717, 1.165) is 14.2 Å². The van der Waals surface area contributed by atoms with E-state index >= 15 is 0 Å². The number of carbonyl (C=O) groups excluding carboxylic acids is 2. The number of carbonyl (C=O) groups is 2. The zero-order chi connectivity index (χ0) is 11.9. The number of alkyl carbamates (subject to hydrolysis) is 1. The van der Waals surface area contributed by atoms with Crippen molar-refractivity contribution in [2.75, 3.05) is 20.8 Å². The third-order valence-electron chi connectivity index (χ3n) is 1.23. The number of imide groups is 1. The highest BCUT2D eigenvalue weighted by molar-refractivity contribution is 7.71. The smallest absolute Gasteiger partial charge is 0.418 e. The van der Waals surface area contributed by atoms with Crippen molar-refractivity contribution in [1.29, 1.82) is 0 Å². The lowest BCUT2D eigenvalue weighted by Crippen LogP contribution is -2.30. The molecular formula is C7H10NO6P. The first-order valence-corrected chi connectivity index (χ1v) is 5.17. The fourth-order valence-corrected chi connectivity index (χ4v) is 1.25. The van der Waals surface area contributed by atoms with Gasteiger partial charge < -0.3 is 13.8 Å². The average molecular weight is 235 g/mol. The molecule has 7 nitrogen and oxygen atoms in total. The van der Waals surface area contributed by atoms with Gasteiger partial charge in [-0.25, -0.2) is 9.36 Å². The molecule has 0 aliphatic heterocycles. The maximum Gasteiger partial charge on any atom is 0.418 e. The molecule has 0 bridgehead atoms. The second-order valence-electron chi connectivity index (χ2n) is 2.07. The SMILES string of the molecule is C#CCOC(=O)NC(=O)P(=O)(OC)OC. The third kappa shape index (κ3) is 4.13. The highest BCUT2D eigenvalue weighted by atomic mass is 31.2. The van der Waals surface area contributed by atoms with Gasteiger partial charge in [0.2, 0.25) is 0 Å². The van der Waals surface area contributed by atoms with Gasteiger partial charge in [-0.05, 0) is 0 Å². The van der Waals surface area contributed by atoms with Gasteiger partial charge >= 0.3 is 19.3 Å². The minimum atomic E-state index is -3.96. The quantitative estimate of drug-likeness (QED) is 0.576. The summed E-state index contributed by atoms with van der Waals surface area (Å²) in [4.78, 5) is 21.9. The van der Waals surface area contributed by atoms with E-state index in [1.54, 1.807) is 5.32 Å². The normalized spacial score (nSPS) is 10.2. The molecule has 8 heteroatoms. The van der Waals surface area contributed by atoms with Crippen molar-refractivity contribution in [3.63, 3.8) is 0 Å². The molecule has 0 radical (unpaired) electrons. The van der Waals surface area contributed by atoms with Crippen LogP contribution in [0.2, 0.25) is 0 Å². The van der Waals surface area contributed by atoms with Crippen LogP contribution in [-0.2, 0) is 18.3 Å². The predicted molar refractivity (Wildman–Crippen MR) is 50.3 cm³/mol. The number of nitrogens with one attached hydrogen (secondary N) is 1. The van der Waals surface area contributed by atoms with Crippen LogP contribution in [0.4, 0.5) is 9.59 Å². The van der Waals surface area contributed by atoms with Crippen LogP contribution >= 0.6 is 7.60 Å². The highest BCUT2D eigenvalue weighted by Crippen LogP contribution is 2.46. The molecule has 0 fully saturated rings. The number of hydrogen-bond donors (Lipinski definition) is 1. The number of ether oxygens (including phenoxy) is 1. The van der Waals surface area contributed by atoms with Crippen molar-refractivity contribution in [2.24, 2.45) is 0 Å². The van der Waals surface area contributed by atoms with Crippen molar-refractivity contribution >= 4 is 19.3 Å². The molecule has 0 aromatic heterocycles. The lowest BCUT2D eigenvalue weighted by atomic mass is 10.8. The molecule has 0 heterocycles. The van der Waals surface area contributed by atoms with Gasteiger partial charge in [-0.15, -0.1) is 6.42 Å². The summed E-state index contributed by atoms with van der Waals surface area (Å²) in [6, 6.07) is 0. The molecule has 0 saturated heterocycles. The Morgan fingerprint density at radius 1 is 1.40 bits per heavy atom. The third-order valence-corrected chi connectivity index (χ3v) is 2.80. The molecule has 1 N–H and O–H groups in total. The van der Waals surface area contributed by atoms with Crippen LogP contribution in [0.15, 0.2) is 0 Å². The maximum atomic E-state index is 11.4. The first-order valence-electron chi connectivity index (χ1n) is 3.63. The molecule has 15 heavy (non-hydrogen) atoms. The fraction of sp³-hybridized carbons (Fsp3) is 0.429. The van der Waals surface area contributed by atoms with Gasteiger partial charge in [0.1, 0.15) is 0 Å². The summed E-state index contributed by atoms with van der Waals surface area (Å²) < 4.78 is 24.3. The minimum Gasteiger partial charge on any atom is -0.436 e. The average Bonchev–Trinajstić information content (AvgIpc) is 2.24. The van der Waals surface area contributed by atoms with Crippen LogP contribution in [0.5, 0.6) is 0 Å². The number of amides is 2. The van der Waals surface area contributed by atoms with Gasteiger partial charge in [0.25, 0.3) is 0 Å². The lowest BCUT2D eigenvalue weighted by molar-refractivity contribution is 0.161. The molecule has 0 saturated carbocycles. The molecule has 0 aromatic rings. The topological polar surface area (TPSA) is 90.9 Å². The summed E-state index contributed by atoms with van der Waals surface area (Å²) in [7, 11) is -1.94. The van der Waals surface area contributed by atoms with Crippen LogP contribution in [0, 0.1) is 12.3 Å². The predicted octanol–water partition coefficient (Wildman–Crippen LogP) is 0.952. The maximum absolute atomic E-state index is 11.4. The summed E-state index contributed by atoms with van der Waals surface area (Å²) in [5.74, 6) is 2.01. The van der Waals surface area contributed by atoms with E-state index in [9.17, 15) is 14.2 Å². The van der Waals surface area contributed by atoms with E-state index in [2.05, 4.69) is 13.8 Å². The molecular weight excluding hydrogens is 225 g/mol. The molecule has 84 valence electrons. The lowest BCUT2D eigenvalue weighted by Gasteiger charge is -2.11. The number of rotatable bonds is 4. The van der Waals surface area contributed by atoms with Crippen LogP contribution < -0.4 is 5.32 Å². The molecule has 2 amide bonds. The molecule has 0 aliphatic rings. The van der Waals surface area contributed by atoms with E-state index in [0.29, 0.717) is 0 Å². The summed E-state index contributed by atoms with van der Waals surface area (Å²) in [5, 5.41) is 1.65.